The van der Waals surface area contributed by atoms with Gasteiger partial charge in [0.05, 0.1) is 0 Å². The fourth-order valence-corrected chi connectivity index (χ4v) is 1.68. The average molecular weight is 256 g/mol. The maximum absolute atomic E-state index is 10.5. The molecule has 94 valence electrons. The van der Waals surface area contributed by atoms with Crippen molar-refractivity contribution in [2.75, 3.05) is 6.54 Å². The van der Waals surface area contributed by atoms with Crippen LogP contribution in [0.25, 0.3) is 0 Å². The van der Waals surface area contributed by atoms with Crippen molar-refractivity contribution in [1.82, 2.24) is 5.32 Å². The van der Waals surface area contributed by atoms with Crippen molar-refractivity contribution >= 4 is 17.6 Å². The molecule has 1 aromatic carbocycles. The first-order valence-corrected chi connectivity index (χ1v) is 6.25. The molecule has 0 fully saturated rings. The van der Waals surface area contributed by atoms with Crippen molar-refractivity contribution in [2.24, 2.45) is 0 Å². The van der Waals surface area contributed by atoms with Gasteiger partial charge in [0, 0.05) is 6.54 Å². The quantitative estimate of drug-likeness (QED) is 0.555. The number of unbranched alkanes of at least 4 members (excludes halogenated alkanes) is 1. The molecule has 0 amide bonds. The Labute approximate surface area is 107 Å². The fourth-order valence-electron chi connectivity index (χ4n) is 1.53. The largest absolute Gasteiger partial charge is 0.480 e. The highest BCUT2D eigenvalue weighted by Crippen LogP contribution is 2.07. The zero-order valence-corrected chi connectivity index (χ0v) is 10.5. The molecule has 4 heteroatoms. The number of rotatable bonds is 8. The van der Waals surface area contributed by atoms with E-state index in [1.165, 1.54) is 5.56 Å². The summed E-state index contributed by atoms with van der Waals surface area (Å²) in [6, 6.07) is 10.2. The van der Waals surface area contributed by atoms with Crippen LogP contribution in [0.15, 0.2) is 30.3 Å². The van der Waals surface area contributed by atoms with E-state index in [1.54, 1.807) is 0 Å². The lowest BCUT2D eigenvalue weighted by atomic mass is 10.2. The van der Waals surface area contributed by atoms with Crippen molar-refractivity contribution in [3.63, 3.8) is 0 Å². The highest BCUT2D eigenvalue weighted by Gasteiger charge is 2.11. The van der Waals surface area contributed by atoms with Crippen molar-refractivity contribution in [2.45, 2.75) is 31.2 Å². The van der Waals surface area contributed by atoms with Gasteiger partial charge in [-0.3, -0.25) is 4.79 Å². The van der Waals surface area contributed by atoms with Gasteiger partial charge in [-0.15, -0.1) is 11.6 Å². The van der Waals surface area contributed by atoms with Crippen LogP contribution in [0.2, 0.25) is 0 Å². The molecular weight excluding hydrogens is 238 g/mol. The Morgan fingerprint density at radius 2 is 2.00 bits per heavy atom. The number of halogens is 1. The number of carboxylic acids is 1. The topological polar surface area (TPSA) is 49.3 Å². The molecule has 0 saturated heterocycles. The van der Waals surface area contributed by atoms with Crippen molar-refractivity contribution in [3.05, 3.63) is 35.9 Å². The third-order valence-electron chi connectivity index (χ3n) is 2.50. The molecule has 0 radical (unpaired) electrons. The number of nitrogens with one attached hydrogen (secondary N) is 1. The minimum Gasteiger partial charge on any atom is -0.480 e. The Kier molecular flexibility index (Phi) is 6.67. The van der Waals surface area contributed by atoms with Crippen LogP contribution in [0.4, 0.5) is 0 Å². The summed E-state index contributed by atoms with van der Waals surface area (Å²) in [6.07, 6.45) is 2.31. The molecule has 0 heterocycles. The summed E-state index contributed by atoms with van der Waals surface area (Å²) in [4.78, 5) is 10.5. The SMILES string of the molecule is O=C(O)C(Cl)CCCCNCc1ccccc1. The van der Waals surface area contributed by atoms with Gasteiger partial charge in [0.1, 0.15) is 5.38 Å². The summed E-state index contributed by atoms with van der Waals surface area (Å²) >= 11 is 5.60. The van der Waals surface area contributed by atoms with Gasteiger partial charge in [-0.2, -0.15) is 0 Å². The Morgan fingerprint density at radius 1 is 1.29 bits per heavy atom. The minimum atomic E-state index is -0.927. The van der Waals surface area contributed by atoms with Crippen LogP contribution < -0.4 is 5.32 Å². The van der Waals surface area contributed by atoms with Crippen LogP contribution in [0.1, 0.15) is 24.8 Å². The molecule has 0 bridgehead atoms. The Balaban J connectivity index is 2.00. The second-order valence-corrected chi connectivity index (χ2v) is 4.49. The van der Waals surface area contributed by atoms with Gasteiger partial charge in [0.2, 0.25) is 0 Å². The molecule has 0 aliphatic carbocycles. The highest BCUT2D eigenvalue weighted by atomic mass is 35.5. The second kappa shape index (κ2) is 8.09. The lowest BCUT2D eigenvalue weighted by Gasteiger charge is -2.06. The van der Waals surface area contributed by atoms with E-state index in [0.29, 0.717) is 6.42 Å². The van der Waals surface area contributed by atoms with E-state index in [-0.39, 0.29) is 0 Å². The molecule has 0 saturated carbocycles. The van der Waals surface area contributed by atoms with Crippen molar-refractivity contribution in [1.29, 1.82) is 0 Å². The van der Waals surface area contributed by atoms with Gasteiger partial charge in [-0.05, 0) is 24.9 Å². The average Bonchev–Trinajstić information content (AvgIpc) is 2.34. The number of hydrogen-bond acceptors (Lipinski definition) is 2. The van der Waals surface area contributed by atoms with E-state index >= 15 is 0 Å². The van der Waals surface area contributed by atoms with Gasteiger partial charge in [-0.25, -0.2) is 0 Å². The van der Waals surface area contributed by atoms with Crippen LogP contribution >= 0.6 is 11.6 Å². The van der Waals surface area contributed by atoms with E-state index < -0.39 is 11.3 Å². The summed E-state index contributed by atoms with van der Waals surface area (Å²) in [7, 11) is 0. The summed E-state index contributed by atoms with van der Waals surface area (Å²) in [5.74, 6) is -0.927. The molecule has 0 aliphatic heterocycles. The zero-order chi connectivity index (χ0) is 12.5. The third kappa shape index (κ3) is 6.29. The molecule has 2 N–H and O–H groups in total. The van der Waals surface area contributed by atoms with Crippen LogP contribution in [0.3, 0.4) is 0 Å². The van der Waals surface area contributed by atoms with E-state index in [4.69, 9.17) is 16.7 Å². The first-order chi connectivity index (χ1) is 8.20. The molecule has 1 unspecified atom stereocenters. The van der Waals surface area contributed by atoms with E-state index in [2.05, 4.69) is 17.4 Å². The molecule has 1 aromatic rings. The molecule has 1 atom stereocenters. The maximum atomic E-state index is 10.5. The first-order valence-electron chi connectivity index (χ1n) is 5.81. The van der Waals surface area contributed by atoms with E-state index in [1.807, 2.05) is 18.2 Å². The Hall–Kier alpha value is -1.06. The summed E-state index contributed by atoms with van der Waals surface area (Å²) < 4.78 is 0. The lowest BCUT2D eigenvalue weighted by Crippen LogP contribution is -2.16. The maximum Gasteiger partial charge on any atom is 0.321 e. The third-order valence-corrected chi connectivity index (χ3v) is 2.91. The standard InChI is InChI=1S/C13H18ClNO2/c14-12(13(16)17)8-4-5-9-15-10-11-6-2-1-3-7-11/h1-3,6-7,12,15H,4-5,8-10H2,(H,16,17). The van der Waals surface area contributed by atoms with Crippen LogP contribution in [0.5, 0.6) is 0 Å². The van der Waals surface area contributed by atoms with Crippen LogP contribution in [-0.2, 0) is 11.3 Å². The van der Waals surface area contributed by atoms with Gasteiger partial charge < -0.3 is 10.4 Å². The Bertz CT molecular complexity index is 329. The van der Waals surface area contributed by atoms with Crippen molar-refractivity contribution in [3.8, 4) is 0 Å². The number of carboxylic acid groups (broad SMARTS) is 1. The number of aliphatic carboxylic acids is 1. The minimum absolute atomic E-state index is 0.532. The molecule has 0 aliphatic rings. The fraction of sp³-hybridized carbons (Fsp3) is 0.462. The smallest absolute Gasteiger partial charge is 0.321 e. The lowest BCUT2D eigenvalue weighted by molar-refractivity contribution is -0.136. The predicted octanol–water partition coefficient (Wildman–Crippen LogP) is 2.64. The number of carbonyl (C=O) groups is 1. The van der Waals surface area contributed by atoms with Gasteiger partial charge in [-0.1, -0.05) is 36.8 Å². The monoisotopic (exact) mass is 255 g/mol. The molecular formula is C13H18ClNO2. The molecule has 3 nitrogen and oxygen atoms in total. The predicted molar refractivity (Wildman–Crippen MR) is 69.3 cm³/mol. The molecule has 17 heavy (non-hydrogen) atoms. The molecule has 1 rings (SSSR count). The highest BCUT2D eigenvalue weighted by molar-refractivity contribution is 6.29. The van der Waals surface area contributed by atoms with Gasteiger partial charge >= 0.3 is 5.97 Å². The summed E-state index contributed by atoms with van der Waals surface area (Å²) in [6.45, 7) is 1.74. The Morgan fingerprint density at radius 3 is 2.65 bits per heavy atom. The van der Waals surface area contributed by atoms with Gasteiger partial charge in [0.15, 0.2) is 0 Å². The second-order valence-electron chi connectivity index (χ2n) is 3.96. The van der Waals surface area contributed by atoms with Crippen LogP contribution in [-0.4, -0.2) is 23.0 Å². The van der Waals surface area contributed by atoms with Gasteiger partial charge in [0.25, 0.3) is 0 Å². The summed E-state index contributed by atoms with van der Waals surface area (Å²) in [5, 5.41) is 11.2. The molecule has 0 spiro atoms. The summed E-state index contributed by atoms with van der Waals surface area (Å²) in [5.41, 5.74) is 1.26. The van der Waals surface area contributed by atoms with E-state index in [0.717, 1.165) is 25.9 Å². The number of benzene rings is 1. The van der Waals surface area contributed by atoms with Crippen molar-refractivity contribution < 1.29 is 9.90 Å². The number of hydrogen-bond donors (Lipinski definition) is 2. The zero-order valence-electron chi connectivity index (χ0n) is 9.73. The molecule has 0 aromatic heterocycles. The van der Waals surface area contributed by atoms with Crippen LogP contribution in [0, 0.1) is 0 Å². The number of alkyl halides is 1. The normalized spacial score (nSPS) is 12.3. The first kappa shape index (κ1) is 14.0. The van der Waals surface area contributed by atoms with E-state index in [9.17, 15) is 4.79 Å².